The number of nitrogens with zero attached hydrogens (tertiary/aromatic N) is 2. The molecule has 0 aromatic heterocycles. The van der Waals surface area contributed by atoms with Gasteiger partial charge in [0.15, 0.2) is 0 Å². The summed E-state index contributed by atoms with van der Waals surface area (Å²) in [6.45, 7) is 4.00. The highest BCUT2D eigenvalue weighted by atomic mass is 79.9. The third kappa shape index (κ3) is 1.66. The quantitative estimate of drug-likeness (QED) is 0.628. The second-order valence-corrected chi connectivity index (χ2v) is 7.05. The van der Waals surface area contributed by atoms with Crippen LogP contribution in [-0.4, -0.2) is 21.6 Å². The molecule has 0 bridgehead atoms. The number of hydrogen-bond acceptors (Lipinski definition) is 3. The van der Waals surface area contributed by atoms with E-state index in [2.05, 4.69) is 41.8 Å². The van der Waals surface area contributed by atoms with Gasteiger partial charge >= 0.3 is 0 Å². The van der Waals surface area contributed by atoms with Gasteiger partial charge in [-0.3, -0.25) is 9.98 Å². The van der Waals surface area contributed by atoms with Crippen molar-refractivity contribution in [1.82, 2.24) is 0 Å². The van der Waals surface area contributed by atoms with E-state index in [-0.39, 0.29) is 6.04 Å². The number of aliphatic imine (C=N–C) groups is 2. The first-order valence-corrected chi connectivity index (χ1v) is 6.49. The molecule has 0 fully saturated rings. The Labute approximate surface area is 98.2 Å². The summed E-state index contributed by atoms with van der Waals surface area (Å²) >= 11 is 8.82. The van der Waals surface area contributed by atoms with Gasteiger partial charge in [-0.2, -0.15) is 0 Å². The zero-order chi connectivity index (χ0) is 9.59. The van der Waals surface area contributed by atoms with Crippen LogP contribution in [0.1, 0.15) is 13.8 Å². The Kier molecular flexibility index (Phi) is 2.68. The van der Waals surface area contributed by atoms with Crippen molar-refractivity contribution in [3.8, 4) is 0 Å². The highest BCUT2D eigenvalue weighted by molar-refractivity contribution is 9.15. The van der Waals surface area contributed by atoms with E-state index in [1.807, 2.05) is 13.8 Å². The van der Waals surface area contributed by atoms with Gasteiger partial charge in [-0.1, -0.05) is 27.7 Å². The Morgan fingerprint density at radius 2 is 2.00 bits per heavy atom. The van der Waals surface area contributed by atoms with Gasteiger partial charge in [-0.25, -0.2) is 0 Å². The lowest BCUT2D eigenvalue weighted by Gasteiger charge is -2.16. The largest absolute Gasteiger partial charge is 0.276 e. The number of rotatable bonds is 0. The molecular weight excluding hydrogens is 316 g/mol. The average molecular weight is 324 g/mol. The smallest absolute Gasteiger partial charge is 0.116 e. The molecule has 0 aliphatic carbocycles. The minimum absolute atomic E-state index is 0.183. The number of fused-ring (bicyclic) bond motifs is 1. The maximum Gasteiger partial charge on any atom is 0.116 e. The van der Waals surface area contributed by atoms with Gasteiger partial charge in [0.2, 0.25) is 0 Å². The van der Waals surface area contributed by atoms with Crippen LogP contribution in [0, 0.1) is 0 Å². The molecule has 2 rings (SSSR count). The Bertz CT molecular complexity index is 346. The molecule has 0 spiro atoms. The lowest BCUT2D eigenvalue weighted by Crippen LogP contribution is -2.23. The fourth-order valence-electron chi connectivity index (χ4n) is 1.26. The third-order valence-electron chi connectivity index (χ3n) is 2.09. The molecule has 2 unspecified atom stereocenters. The molecule has 2 atom stereocenters. The highest BCUT2D eigenvalue weighted by Gasteiger charge is 2.35. The van der Waals surface area contributed by atoms with Crippen molar-refractivity contribution in [1.29, 1.82) is 0 Å². The fraction of sp³-hybridized carbons (Fsp3) is 0.500. The van der Waals surface area contributed by atoms with Crippen molar-refractivity contribution in [3.63, 3.8) is 0 Å². The number of alkyl halides is 1. The van der Waals surface area contributed by atoms with Gasteiger partial charge in [-0.15, -0.1) is 0 Å². The van der Waals surface area contributed by atoms with Crippen LogP contribution in [0.3, 0.4) is 0 Å². The summed E-state index contributed by atoms with van der Waals surface area (Å²) in [5.74, 6) is 0. The number of hydrogen-bond donors (Lipinski definition) is 0. The number of thioether (sulfide) groups is 1. The van der Waals surface area contributed by atoms with E-state index in [0.717, 1.165) is 20.9 Å². The molecule has 5 heteroatoms. The van der Waals surface area contributed by atoms with Crippen molar-refractivity contribution in [3.05, 3.63) is 9.51 Å². The van der Waals surface area contributed by atoms with E-state index < -0.39 is 0 Å². The van der Waals surface area contributed by atoms with E-state index >= 15 is 0 Å². The summed E-state index contributed by atoms with van der Waals surface area (Å²) in [6, 6.07) is 0.183. The van der Waals surface area contributed by atoms with Crippen LogP contribution in [0.5, 0.6) is 0 Å². The summed E-state index contributed by atoms with van der Waals surface area (Å²) in [7, 11) is 0. The first-order chi connectivity index (χ1) is 6.09. The van der Waals surface area contributed by atoms with Crippen LogP contribution in [0.2, 0.25) is 0 Å². The lowest BCUT2D eigenvalue weighted by molar-refractivity contribution is 0.847. The Morgan fingerprint density at radius 3 is 2.69 bits per heavy atom. The number of halogens is 2. The van der Waals surface area contributed by atoms with E-state index in [1.165, 1.54) is 0 Å². The van der Waals surface area contributed by atoms with Gasteiger partial charge in [0.25, 0.3) is 0 Å². The molecule has 0 radical (unpaired) electrons. The SMILES string of the molecule is CC1=NC2=C(Br)SC(Br)C2N=C1C. The topological polar surface area (TPSA) is 24.7 Å². The van der Waals surface area contributed by atoms with E-state index in [4.69, 9.17) is 0 Å². The Balaban J connectivity index is 2.44. The molecule has 0 saturated carbocycles. The first-order valence-electron chi connectivity index (χ1n) is 3.90. The maximum atomic E-state index is 4.59. The molecule has 70 valence electrons. The van der Waals surface area contributed by atoms with Gasteiger partial charge < -0.3 is 0 Å². The van der Waals surface area contributed by atoms with E-state index in [1.54, 1.807) is 11.8 Å². The van der Waals surface area contributed by atoms with Crippen molar-refractivity contribution in [2.75, 3.05) is 0 Å². The molecule has 0 saturated heterocycles. The van der Waals surface area contributed by atoms with E-state index in [9.17, 15) is 0 Å². The lowest BCUT2D eigenvalue weighted by atomic mass is 10.2. The van der Waals surface area contributed by atoms with Crippen LogP contribution in [-0.2, 0) is 0 Å². The highest BCUT2D eigenvalue weighted by Crippen LogP contribution is 2.47. The summed E-state index contributed by atoms with van der Waals surface area (Å²) < 4.78 is 1.43. The van der Waals surface area contributed by atoms with Crippen LogP contribution < -0.4 is 0 Å². The molecule has 2 nitrogen and oxygen atoms in total. The summed E-state index contributed by atoms with van der Waals surface area (Å²) in [5, 5.41) is 0. The van der Waals surface area contributed by atoms with Gasteiger partial charge in [-0.05, 0) is 29.8 Å². The normalized spacial score (nSPS) is 32.9. The van der Waals surface area contributed by atoms with Crippen LogP contribution in [0.4, 0.5) is 0 Å². The average Bonchev–Trinajstić information content (AvgIpc) is 2.31. The molecule has 13 heavy (non-hydrogen) atoms. The second kappa shape index (κ2) is 3.51. The molecule has 2 aliphatic rings. The van der Waals surface area contributed by atoms with Crippen LogP contribution >= 0.6 is 43.6 Å². The minimum atomic E-state index is 0.183. The molecular formula is C8H8Br2N2S. The van der Waals surface area contributed by atoms with Gasteiger partial charge in [0.1, 0.15) is 6.04 Å². The molecule has 0 N–H and O–H groups in total. The fourth-order valence-corrected chi connectivity index (χ4v) is 4.67. The zero-order valence-corrected chi connectivity index (χ0v) is 11.2. The first kappa shape index (κ1) is 9.93. The van der Waals surface area contributed by atoms with Gasteiger partial charge in [0.05, 0.1) is 25.1 Å². The maximum absolute atomic E-state index is 4.59. The molecule has 0 aromatic carbocycles. The molecule has 2 heterocycles. The molecule has 0 amide bonds. The van der Waals surface area contributed by atoms with Crippen molar-refractivity contribution in [2.45, 2.75) is 24.0 Å². The summed E-state index contributed by atoms with van der Waals surface area (Å²) in [6.07, 6.45) is 0. The standard InChI is InChI=1S/C8H8Br2N2S/c1-3-4(2)12-6-5(11-3)7(9)13-8(6)10/h5,7H,1-2H3. The minimum Gasteiger partial charge on any atom is -0.276 e. The Morgan fingerprint density at radius 1 is 1.31 bits per heavy atom. The Hall–Kier alpha value is 0.390. The molecule has 2 aliphatic heterocycles. The van der Waals surface area contributed by atoms with E-state index in [0.29, 0.717) is 4.16 Å². The second-order valence-electron chi connectivity index (χ2n) is 2.98. The van der Waals surface area contributed by atoms with Crippen molar-refractivity contribution in [2.24, 2.45) is 9.98 Å². The predicted octanol–water partition coefficient (Wildman–Crippen LogP) is 3.32. The third-order valence-corrected chi connectivity index (χ3v) is 5.02. The van der Waals surface area contributed by atoms with Gasteiger partial charge in [0, 0.05) is 0 Å². The molecule has 0 aromatic rings. The summed E-state index contributed by atoms with van der Waals surface area (Å²) in [4.78, 5) is 9.11. The zero-order valence-electron chi connectivity index (χ0n) is 7.21. The van der Waals surface area contributed by atoms with Crippen molar-refractivity contribution < 1.29 is 0 Å². The monoisotopic (exact) mass is 322 g/mol. The predicted molar refractivity (Wildman–Crippen MR) is 66.3 cm³/mol. The van der Waals surface area contributed by atoms with Crippen LogP contribution in [0.15, 0.2) is 19.5 Å². The van der Waals surface area contributed by atoms with Crippen molar-refractivity contribution >= 4 is 55.0 Å². The van der Waals surface area contributed by atoms with Crippen LogP contribution in [0.25, 0.3) is 0 Å². The summed E-state index contributed by atoms with van der Waals surface area (Å²) in [5.41, 5.74) is 3.13.